The van der Waals surface area contributed by atoms with Crippen molar-refractivity contribution in [3.63, 3.8) is 0 Å². The van der Waals surface area contributed by atoms with Gasteiger partial charge in [-0.25, -0.2) is 0 Å². The summed E-state index contributed by atoms with van der Waals surface area (Å²) in [5.74, 6) is 6.48. The highest BCUT2D eigenvalue weighted by Gasteiger charge is 2.01. The largest absolute Gasteiger partial charge is 0.507 e. The number of nitrogens with two attached hydrogens (primary N) is 1. The Balaban J connectivity index is 2.36. The SMILES string of the molecule is Cc1cc(C#Cc2cccc(N)c2)cc(C)c1O. The van der Waals surface area contributed by atoms with E-state index in [1.807, 2.05) is 50.2 Å². The Morgan fingerprint density at radius 3 is 2.17 bits per heavy atom. The van der Waals surface area contributed by atoms with Gasteiger partial charge >= 0.3 is 0 Å². The number of hydrogen-bond acceptors (Lipinski definition) is 2. The van der Waals surface area contributed by atoms with E-state index < -0.39 is 0 Å². The van der Waals surface area contributed by atoms with E-state index in [2.05, 4.69) is 11.8 Å². The first-order valence-electron chi connectivity index (χ1n) is 5.74. The molecule has 2 rings (SSSR count). The van der Waals surface area contributed by atoms with Crippen LogP contribution in [-0.4, -0.2) is 5.11 Å². The fraction of sp³-hybridized carbons (Fsp3) is 0.125. The van der Waals surface area contributed by atoms with Crippen LogP contribution in [0.5, 0.6) is 5.75 Å². The van der Waals surface area contributed by atoms with Gasteiger partial charge < -0.3 is 10.8 Å². The lowest BCUT2D eigenvalue weighted by Gasteiger charge is -2.03. The quantitative estimate of drug-likeness (QED) is 0.546. The Morgan fingerprint density at radius 1 is 0.944 bits per heavy atom. The second kappa shape index (κ2) is 4.85. The van der Waals surface area contributed by atoms with Gasteiger partial charge in [-0.2, -0.15) is 0 Å². The summed E-state index contributed by atoms with van der Waals surface area (Å²) in [6.45, 7) is 3.74. The predicted octanol–water partition coefficient (Wildman–Crippen LogP) is 2.99. The molecule has 2 nitrogen and oxygen atoms in total. The monoisotopic (exact) mass is 237 g/mol. The van der Waals surface area contributed by atoms with Crippen LogP contribution in [0.3, 0.4) is 0 Å². The fourth-order valence-electron chi connectivity index (χ4n) is 1.79. The molecular formula is C16H15NO. The third-order valence-corrected chi connectivity index (χ3v) is 2.73. The van der Waals surface area contributed by atoms with E-state index in [0.29, 0.717) is 11.4 Å². The molecule has 0 heterocycles. The third kappa shape index (κ3) is 2.64. The summed E-state index contributed by atoms with van der Waals surface area (Å²) in [7, 11) is 0. The van der Waals surface area contributed by atoms with E-state index in [4.69, 9.17) is 5.73 Å². The van der Waals surface area contributed by atoms with Gasteiger partial charge in [0.15, 0.2) is 0 Å². The van der Waals surface area contributed by atoms with Gasteiger partial charge in [-0.15, -0.1) is 0 Å². The van der Waals surface area contributed by atoms with Crippen molar-refractivity contribution in [2.45, 2.75) is 13.8 Å². The molecule has 0 radical (unpaired) electrons. The molecular weight excluding hydrogens is 222 g/mol. The summed E-state index contributed by atoms with van der Waals surface area (Å²) in [4.78, 5) is 0. The van der Waals surface area contributed by atoms with Crippen molar-refractivity contribution in [2.75, 3.05) is 5.73 Å². The van der Waals surface area contributed by atoms with Crippen LogP contribution in [0.2, 0.25) is 0 Å². The standard InChI is InChI=1S/C16H15NO/c1-11-8-14(9-12(2)16(11)18)7-6-13-4-3-5-15(17)10-13/h3-5,8-10,18H,17H2,1-2H3. The van der Waals surface area contributed by atoms with E-state index in [1.165, 1.54) is 0 Å². The zero-order valence-corrected chi connectivity index (χ0v) is 10.5. The number of aryl methyl sites for hydroxylation is 2. The van der Waals surface area contributed by atoms with Crippen LogP contribution in [0.1, 0.15) is 22.3 Å². The van der Waals surface area contributed by atoms with Crippen molar-refractivity contribution in [3.8, 4) is 17.6 Å². The predicted molar refractivity (Wildman–Crippen MR) is 74.4 cm³/mol. The molecule has 2 aromatic carbocycles. The van der Waals surface area contributed by atoms with Crippen LogP contribution >= 0.6 is 0 Å². The summed E-state index contributed by atoms with van der Waals surface area (Å²) in [6.07, 6.45) is 0. The number of aromatic hydroxyl groups is 1. The molecule has 3 N–H and O–H groups in total. The van der Waals surface area contributed by atoms with Crippen LogP contribution < -0.4 is 5.73 Å². The lowest BCUT2D eigenvalue weighted by molar-refractivity contribution is 0.467. The maximum Gasteiger partial charge on any atom is 0.121 e. The highest BCUT2D eigenvalue weighted by Crippen LogP contribution is 2.22. The van der Waals surface area contributed by atoms with E-state index in [0.717, 1.165) is 22.3 Å². The molecule has 2 heteroatoms. The topological polar surface area (TPSA) is 46.2 Å². The third-order valence-electron chi connectivity index (χ3n) is 2.73. The van der Waals surface area contributed by atoms with Crippen LogP contribution in [0, 0.1) is 25.7 Å². The van der Waals surface area contributed by atoms with Crippen LogP contribution in [-0.2, 0) is 0 Å². The molecule has 0 atom stereocenters. The molecule has 0 unspecified atom stereocenters. The molecule has 0 fully saturated rings. The highest BCUT2D eigenvalue weighted by molar-refractivity contribution is 5.52. The van der Waals surface area contributed by atoms with Crippen molar-refractivity contribution in [2.24, 2.45) is 0 Å². The molecule has 90 valence electrons. The maximum atomic E-state index is 9.69. The van der Waals surface area contributed by atoms with E-state index >= 15 is 0 Å². The highest BCUT2D eigenvalue weighted by atomic mass is 16.3. The van der Waals surface area contributed by atoms with Gasteiger partial charge in [0.1, 0.15) is 5.75 Å². The molecule has 2 aromatic rings. The summed E-state index contributed by atoms with van der Waals surface area (Å²) < 4.78 is 0. The Hall–Kier alpha value is -2.40. The van der Waals surface area contributed by atoms with Gasteiger partial charge in [-0.1, -0.05) is 17.9 Å². The average molecular weight is 237 g/mol. The van der Waals surface area contributed by atoms with Gasteiger partial charge in [0.25, 0.3) is 0 Å². The van der Waals surface area contributed by atoms with Crippen LogP contribution in [0.25, 0.3) is 0 Å². The number of rotatable bonds is 0. The lowest BCUT2D eigenvalue weighted by atomic mass is 10.1. The van der Waals surface area contributed by atoms with E-state index in [-0.39, 0.29) is 0 Å². The minimum Gasteiger partial charge on any atom is -0.507 e. The molecule has 0 saturated heterocycles. The Bertz CT molecular complexity index is 625. The number of hydrogen-bond donors (Lipinski definition) is 2. The molecule has 0 aromatic heterocycles. The summed E-state index contributed by atoms with van der Waals surface area (Å²) >= 11 is 0. The zero-order chi connectivity index (χ0) is 13.1. The maximum absolute atomic E-state index is 9.69. The summed E-state index contributed by atoms with van der Waals surface area (Å²) in [6, 6.07) is 11.2. The van der Waals surface area contributed by atoms with Crippen molar-refractivity contribution in [1.82, 2.24) is 0 Å². The first-order valence-corrected chi connectivity index (χ1v) is 5.74. The summed E-state index contributed by atoms with van der Waals surface area (Å²) in [5.41, 5.74) is 9.86. The number of anilines is 1. The van der Waals surface area contributed by atoms with Gasteiger partial charge in [0, 0.05) is 16.8 Å². The molecule has 0 spiro atoms. The number of phenolic OH excluding ortho intramolecular Hbond substituents is 1. The lowest BCUT2D eigenvalue weighted by Crippen LogP contribution is -1.86. The molecule has 0 saturated carbocycles. The summed E-state index contributed by atoms with van der Waals surface area (Å²) in [5, 5.41) is 9.69. The molecule has 0 bridgehead atoms. The Labute approximate surface area is 107 Å². The molecule has 0 aliphatic heterocycles. The smallest absolute Gasteiger partial charge is 0.121 e. The van der Waals surface area contributed by atoms with Gasteiger partial charge in [0.2, 0.25) is 0 Å². The van der Waals surface area contributed by atoms with E-state index in [9.17, 15) is 5.11 Å². The Morgan fingerprint density at radius 2 is 1.56 bits per heavy atom. The van der Waals surface area contributed by atoms with Crippen molar-refractivity contribution < 1.29 is 5.11 Å². The van der Waals surface area contributed by atoms with E-state index in [1.54, 1.807) is 0 Å². The van der Waals surface area contributed by atoms with Crippen LogP contribution in [0.15, 0.2) is 36.4 Å². The number of benzene rings is 2. The normalized spacial score (nSPS) is 9.67. The minimum atomic E-state index is 0.338. The van der Waals surface area contributed by atoms with Crippen molar-refractivity contribution in [3.05, 3.63) is 58.7 Å². The number of phenols is 1. The first-order chi connectivity index (χ1) is 8.56. The average Bonchev–Trinajstić information content (AvgIpc) is 2.33. The molecule has 18 heavy (non-hydrogen) atoms. The van der Waals surface area contributed by atoms with Crippen molar-refractivity contribution >= 4 is 5.69 Å². The second-order valence-electron chi connectivity index (χ2n) is 4.33. The first kappa shape index (κ1) is 12.1. The van der Waals surface area contributed by atoms with Gasteiger partial charge in [-0.05, 0) is 55.3 Å². The minimum absolute atomic E-state index is 0.338. The molecule has 0 aliphatic rings. The fourth-order valence-corrected chi connectivity index (χ4v) is 1.79. The zero-order valence-electron chi connectivity index (χ0n) is 10.5. The van der Waals surface area contributed by atoms with Crippen molar-refractivity contribution in [1.29, 1.82) is 0 Å². The number of nitrogen functional groups attached to an aromatic ring is 1. The molecule has 0 amide bonds. The molecule has 0 aliphatic carbocycles. The Kier molecular flexibility index (Phi) is 3.25. The van der Waals surface area contributed by atoms with Crippen LogP contribution in [0.4, 0.5) is 5.69 Å². The second-order valence-corrected chi connectivity index (χ2v) is 4.33. The van der Waals surface area contributed by atoms with Gasteiger partial charge in [0.05, 0.1) is 0 Å². The van der Waals surface area contributed by atoms with Gasteiger partial charge in [-0.3, -0.25) is 0 Å².